The third-order valence-electron chi connectivity index (χ3n) is 3.29. The van der Waals surface area contributed by atoms with E-state index < -0.39 is 11.6 Å². The zero-order chi connectivity index (χ0) is 15.2. The number of hydrogen-bond acceptors (Lipinski definition) is 3. The molecule has 1 heterocycles. The van der Waals surface area contributed by atoms with E-state index in [-0.39, 0.29) is 18.0 Å². The van der Waals surface area contributed by atoms with Crippen LogP contribution in [-0.4, -0.2) is 18.6 Å². The van der Waals surface area contributed by atoms with Gasteiger partial charge in [0.15, 0.2) is 0 Å². The van der Waals surface area contributed by atoms with E-state index in [0.717, 1.165) is 5.56 Å². The summed E-state index contributed by atoms with van der Waals surface area (Å²) in [6.45, 7) is 2.62. The van der Waals surface area contributed by atoms with Crippen molar-refractivity contribution >= 4 is 0 Å². The molecular formula is C16H18F2N2O. The summed E-state index contributed by atoms with van der Waals surface area (Å²) >= 11 is 0. The van der Waals surface area contributed by atoms with Gasteiger partial charge in [0.25, 0.3) is 0 Å². The Morgan fingerprint density at radius 1 is 1.24 bits per heavy atom. The van der Waals surface area contributed by atoms with Gasteiger partial charge in [0.1, 0.15) is 17.4 Å². The number of aromatic nitrogens is 1. The van der Waals surface area contributed by atoms with E-state index in [1.54, 1.807) is 19.5 Å². The minimum atomic E-state index is -0.534. The lowest BCUT2D eigenvalue weighted by atomic mass is 9.99. The minimum Gasteiger partial charge on any atom is -0.495 e. The summed E-state index contributed by atoms with van der Waals surface area (Å²) in [7, 11) is 1.56. The molecule has 21 heavy (non-hydrogen) atoms. The van der Waals surface area contributed by atoms with Crippen LogP contribution in [0.4, 0.5) is 8.78 Å². The predicted octanol–water partition coefficient (Wildman–Crippen LogP) is 3.26. The number of halogens is 2. The number of hydrogen-bond donors (Lipinski definition) is 1. The SMILES string of the molecule is CCNC(Cc1c(F)cccc1F)c1cncc(OC)c1. The molecule has 1 aromatic heterocycles. The number of nitrogens with one attached hydrogen (secondary N) is 1. The van der Waals surface area contributed by atoms with Gasteiger partial charge in [0.05, 0.1) is 13.3 Å². The van der Waals surface area contributed by atoms with Gasteiger partial charge in [-0.1, -0.05) is 13.0 Å². The lowest BCUT2D eigenvalue weighted by molar-refractivity contribution is 0.410. The average Bonchev–Trinajstić information content (AvgIpc) is 2.50. The molecule has 1 aromatic carbocycles. The molecule has 1 atom stereocenters. The lowest BCUT2D eigenvalue weighted by Crippen LogP contribution is -2.24. The first-order valence-electron chi connectivity index (χ1n) is 6.81. The van der Waals surface area contributed by atoms with Crippen LogP contribution in [0.15, 0.2) is 36.7 Å². The van der Waals surface area contributed by atoms with Crippen LogP contribution in [-0.2, 0) is 6.42 Å². The number of ether oxygens (including phenoxy) is 1. The summed E-state index contributed by atoms with van der Waals surface area (Å²) in [5.74, 6) is -0.452. The Morgan fingerprint density at radius 3 is 2.57 bits per heavy atom. The van der Waals surface area contributed by atoms with Gasteiger partial charge in [0.2, 0.25) is 0 Å². The Kier molecular flexibility index (Phi) is 5.22. The molecule has 1 N–H and O–H groups in total. The smallest absolute Gasteiger partial charge is 0.137 e. The van der Waals surface area contributed by atoms with E-state index in [1.165, 1.54) is 18.2 Å². The summed E-state index contributed by atoms with van der Waals surface area (Å²) < 4.78 is 32.8. The van der Waals surface area contributed by atoms with Crippen molar-refractivity contribution in [3.63, 3.8) is 0 Å². The Morgan fingerprint density at radius 2 is 1.95 bits per heavy atom. The predicted molar refractivity (Wildman–Crippen MR) is 77.3 cm³/mol. The van der Waals surface area contributed by atoms with Crippen LogP contribution in [0, 0.1) is 11.6 Å². The fourth-order valence-electron chi connectivity index (χ4n) is 2.22. The van der Waals surface area contributed by atoms with Crippen molar-refractivity contribution in [3.8, 4) is 5.75 Å². The normalized spacial score (nSPS) is 12.2. The van der Waals surface area contributed by atoms with Gasteiger partial charge in [-0.15, -0.1) is 0 Å². The summed E-state index contributed by atoms with van der Waals surface area (Å²) in [6, 6.07) is 5.49. The zero-order valence-corrected chi connectivity index (χ0v) is 12.1. The molecule has 0 saturated heterocycles. The Bertz CT molecular complexity index is 584. The average molecular weight is 292 g/mol. The fraction of sp³-hybridized carbons (Fsp3) is 0.312. The molecule has 0 saturated carbocycles. The summed E-state index contributed by atoms with van der Waals surface area (Å²) in [5, 5.41) is 3.22. The van der Waals surface area contributed by atoms with Gasteiger partial charge in [-0.3, -0.25) is 4.98 Å². The molecule has 1 unspecified atom stereocenters. The van der Waals surface area contributed by atoms with Crippen molar-refractivity contribution in [1.82, 2.24) is 10.3 Å². The monoisotopic (exact) mass is 292 g/mol. The first kappa shape index (κ1) is 15.4. The van der Waals surface area contributed by atoms with Crippen molar-refractivity contribution in [3.05, 3.63) is 59.4 Å². The number of benzene rings is 1. The van der Waals surface area contributed by atoms with Gasteiger partial charge < -0.3 is 10.1 Å². The van der Waals surface area contributed by atoms with Crippen LogP contribution in [0.25, 0.3) is 0 Å². The zero-order valence-electron chi connectivity index (χ0n) is 12.1. The maximum Gasteiger partial charge on any atom is 0.137 e. The molecule has 0 aliphatic heterocycles. The maximum absolute atomic E-state index is 13.8. The summed E-state index contributed by atoms with van der Waals surface area (Å²) in [5.41, 5.74) is 0.908. The number of methoxy groups -OCH3 is 1. The topological polar surface area (TPSA) is 34.2 Å². The quantitative estimate of drug-likeness (QED) is 0.887. The van der Waals surface area contributed by atoms with Crippen LogP contribution in [0.1, 0.15) is 24.1 Å². The highest BCUT2D eigenvalue weighted by molar-refractivity contribution is 5.29. The van der Waals surface area contributed by atoms with Gasteiger partial charge in [-0.05, 0) is 36.7 Å². The van der Waals surface area contributed by atoms with Crippen LogP contribution < -0.4 is 10.1 Å². The van der Waals surface area contributed by atoms with Gasteiger partial charge >= 0.3 is 0 Å². The fourth-order valence-corrected chi connectivity index (χ4v) is 2.22. The molecule has 0 aliphatic carbocycles. The molecule has 5 heteroatoms. The Balaban J connectivity index is 2.30. The van der Waals surface area contributed by atoms with E-state index in [2.05, 4.69) is 10.3 Å². The van der Waals surface area contributed by atoms with E-state index in [4.69, 9.17) is 4.74 Å². The molecule has 2 aromatic rings. The van der Waals surface area contributed by atoms with Crippen LogP contribution in [0.5, 0.6) is 5.75 Å². The van der Waals surface area contributed by atoms with Gasteiger partial charge in [-0.2, -0.15) is 0 Å². The van der Waals surface area contributed by atoms with E-state index in [1.807, 2.05) is 13.0 Å². The summed E-state index contributed by atoms with van der Waals surface area (Å²) in [4.78, 5) is 4.09. The van der Waals surface area contributed by atoms with Crippen molar-refractivity contribution in [1.29, 1.82) is 0 Å². The molecule has 3 nitrogen and oxygen atoms in total. The molecule has 0 bridgehead atoms. The molecule has 0 radical (unpaired) electrons. The number of rotatable bonds is 6. The van der Waals surface area contributed by atoms with Gasteiger partial charge in [-0.25, -0.2) is 8.78 Å². The second-order valence-electron chi connectivity index (χ2n) is 4.67. The first-order valence-corrected chi connectivity index (χ1v) is 6.81. The number of nitrogens with zero attached hydrogens (tertiary/aromatic N) is 1. The highest BCUT2D eigenvalue weighted by atomic mass is 19.1. The van der Waals surface area contributed by atoms with E-state index in [9.17, 15) is 8.78 Å². The first-order chi connectivity index (χ1) is 10.2. The molecule has 0 spiro atoms. The third-order valence-corrected chi connectivity index (χ3v) is 3.29. The maximum atomic E-state index is 13.8. The second-order valence-corrected chi connectivity index (χ2v) is 4.67. The number of pyridine rings is 1. The summed E-state index contributed by atoms with van der Waals surface area (Å²) in [6.07, 6.45) is 3.48. The third kappa shape index (κ3) is 3.76. The van der Waals surface area contributed by atoms with E-state index in [0.29, 0.717) is 12.3 Å². The lowest BCUT2D eigenvalue weighted by Gasteiger charge is -2.19. The molecule has 2 rings (SSSR count). The Hall–Kier alpha value is -2.01. The van der Waals surface area contributed by atoms with Crippen molar-refractivity contribution < 1.29 is 13.5 Å². The highest BCUT2D eigenvalue weighted by Crippen LogP contribution is 2.24. The number of likely N-dealkylation sites (N-methyl/N-ethyl adjacent to an activating group) is 1. The molecule has 0 amide bonds. The van der Waals surface area contributed by atoms with Crippen LogP contribution in [0.3, 0.4) is 0 Å². The standard InChI is InChI=1S/C16H18F2N2O/c1-3-20-16(11-7-12(21-2)10-19-9-11)8-13-14(17)5-4-6-15(13)18/h4-7,9-10,16,20H,3,8H2,1-2H3. The molecule has 112 valence electrons. The van der Waals surface area contributed by atoms with Crippen molar-refractivity contribution in [2.75, 3.05) is 13.7 Å². The largest absolute Gasteiger partial charge is 0.495 e. The molecule has 0 fully saturated rings. The second kappa shape index (κ2) is 7.13. The van der Waals surface area contributed by atoms with Crippen molar-refractivity contribution in [2.45, 2.75) is 19.4 Å². The van der Waals surface area contributed by atoms with Gasteiger partial charge in [0, 0.05) is 17.8 Å². The van der Waals surface area contributed by atoms with Crippen LogP contribution >= 0.6 is 0 Å². The van der Waals surface area contributed by atoms with Crippen molar-refractivity contribution in [2.24, 2.45) is 0 Å². The highest BCUT2D eigenvalue weighted by Gasteiger charge is 2.17. The molecular weight excluding hydrogens is 274 g/mol. The Labute approximate surface area is 123 Å². The van der Waals surface area contributed by atoms with E-state index >= 15 is 0 Å². The minimum absolute atomic E-state index is 0.0752. The molecule has 0 aliphatic rings. The van der Waals surface area contributed by atoms with Crippen LogP contribution in [0.2, 0.25) is 0 Å².